The molecular weight excluding hydrogens is 205 g/mol. The molecule has 2 N–H and O–H groups in total. The van der Waals surface area contributed by atoms with E-state index in [1.165, 1.54) is 0 Å². The third-order valence-electron chi connectivity index (χ3n) is 1.67. The Bertz CT molecular complexity index is 344. The van der Waals surface area contributed by atoms with Gasteiger partial charge in [0, 0.05) is 6.54 Å². The minimum absolute atomic E-state index is 0.109. The van der Waals surface area contributed by atoms with E-state index in [4.69, 9.17) is 5.73 Å². The van der Waals surface area contributed by atoms with Crippen molar-refractivity contribution in [3.63, 3.8) is 0 Å². The van der Waals surface area contributed by atoms with Crippen LogP contribution in [-0.2, 0) is 12.7 Å². The smallest absolute Gasteiger partial charge is 0.326 e. The van der Waals surface area contributed by atoms with E-state index in [2.05, 4.69) is 0 Å². The molecule has 1 aromatic carbocycles. The average Bonchev–Trinajstić information content (AvgIpc) is 2.07. The summed E-state index contributed by atoms with van der Waals surface area (Å²) >= 11 is 0. The SMILES string of the molecule is NCc1cc(F)c(F)cc1C(F)(F)F. The van der Waals surface area contributed by atoms with Gasteiger partial charge in [0.25, 0.3) is 0 Å². The van der Waals surface area contributed by atoms with E-state index in [-0.39, 0.29) is 6.07 Å². The molecule has 14 heavy (non-hydrogen) atoms. The summed E-state index contributed by atoms with van der Waals surface area (Å²) in [7, 11) is 0. The van der Waals surface area contributed by atoms with Gasteiger partial charge in [-0.05, 0) is 17.7 Å². The third-order valence-corrected chi connectivity index (χ3v) is 1.67. The molecule has 0 heterocycles. The van der Waals surface area contributed by atoms with E-state index in [0.717, 1.165) is 0 Å². The molecule has 1 aromatic rings. The largest absolute Gasteiger partial charge is 0.416 e. The topological polar surface area (TPSA) is 26.0 Å². The number of nitrogens with two attached hydrogens (primary N) is 1. The van der Waals surface area contributed by atoms with Gasteiger partial charge in [-0.15, -0.1) is 0 Å². The zero-order valence-electron chi connectivity index (χ0n) is 6.83. The Hall–Kier alpha value is -1.17. The predicted octanol–water partition coefficient (Wildman–Crippen LogP) is 2.44. The molecular formula is C8H6F5N. The van der Waals surface area contributed by atoms with Crippen molar-refractivity contribution in [3.8, 4) is 0 Å². The summed E-state index contributed by atoms with van der Waals surface area (Å²) in [5, 5.41) is 0. The van der Waals surface area contributed by atoms with Crippen LogP contribution in [0.5, 0.6) is 0 Å². The Morgan fingerprint density at radius 3 is 2.00 bits per heavy atom. The second-order valence-electron chi connectivity index (χ2n) is 2.63. The molecule has 0 amide bonds. The lowest BCUT2D eigenvalue weighted by molar-refractivity contribution is -0.138. The Morgan fingerprint density at radius 1 is 1.07 bits per heavy atom. The fraction of sp³-hybridized carbons (Fsp3) is 0.250. The fourth-order valence-corrected chi connectivity index (χ4v) is 1.02. The summed E-state index contributed by atoms with van der Waals surface area (Å²) in [5.74, 6) is -2.87. The predicted molar refractivity (Wildman–Crippen MR) is 39.3 cm³/mol. The molecule has 0 spiro atoms. The molecule has 6 heteroatoms. The molecule has 0 aliphatic heterocycles. The minimum Gasteiger partial charge on any atom is -0.326 e. The van der Waals surface area contributed by atoms with Gasteiger partial charge in [-0.2, -0.15) is 13.2 Å². The van der Waals surface area contributed by atoms with E-state index in [1.807, 2.05) is 0 Å². The van der Waals surface area contributed by atoms with Crippen LogP contribution in [0.3, 0.4) is 0 Å². The second-order valence-corrected chi connectivity index (χ2v) is 2.63. The van der Waals surface area contributed by atoms with Crippen LogP contribution in [0.25, 0.3) is 0 Å². The lowest BCUT2D eigenvalue weighted by atomic mass is 10.1. The first kappa shape index (κ1) is 10.9. The zero-order chi connectivity index (χ0) is 10.9. The maximum atomic E-state index is 12.5. The first-order valence-electron chi connectivity index (χ1n) is 3.61. The van der Waals surface area contributed by atoms with Crippen molar-refractivity contribution in [2.75, 3.05) is 0 Å². The minimum atomic E-state index is -4.72. The Balaban J connectivity index is 3.35. The number of hydrogen-bond acceptors (Lipinski definition) is 1. The first-order valence-corrected chi connectivity index (χ1v) is 3.61. The molecule has 0 saturated heterocycles. The van der Waals surface area contributed by atoms with Gasteiger partial charge in [-0.3, -0.25) is 0 Å². The van der Waals surface area contributed by atoms with Crippen molar-refractivity contribution < 1.29 is 22.0 Å². The van der Waals surface area contributed by atoms with Crippen molar-refractivity contribution in [3.05, 3.63) is 34.9 Å². The van der Waals surface area contributed by atoms with Crippen LogP contribution in [0.4, 0.5) is 22.0 Å². The highest BCUT2D eigenvalue weighted by Gasteiger charge is 2.34. The Kier molecular flexibility index (Phi) is 2.75. The van der Waals surface area contributed by atoms with Crippen LogP contribution < -0.4 is 5.73 Å². The van der Waals surface area contributed by atoms with Gasteiger partial charge >= 0.3 is 6.18 Å². The molecule has 0 fully saturated rings. The van der Waals surface area contributed by atoms with E-state index < -0.39 is 35.5 Å². The highest BCUT2D eigenvalue weighted by atomic mass is 19.4. The van der Waals surface area contributed by atoms with Gasteiger partial charge in [0.1, 0.15) is 0 Å². The maximum Gasteiger partial charge on any atom is 0.416 e. The van der Waals surface area contributed by atoms with Gasteiger partial charge in [-0.25, -0.2) is 8.78 Å². The quantitative estimate of drug-likeness (QED) is 0.709. The Labute approximate surface area is 76.3 Å². The summed E-state index contributed by atoms with van der Waals surface area (Å²) in [6.45, 7) is -0.494. The van der Waals surface area contributed by atoms with Crippen molar-refractivity contribution in [1.29, 1.82) is 0 Å². The molecule has 1 rings (SSSR count). The molecule has 0 aromatic heterocycles. The van der Waals surface area contributed by atoms with Crippen LogP contribution in [0.15, 0.2) is 12.1 Å². The van der Waals surface area contributed by atoms with Gasteiger partial charge in [-0.1, -0.05) is 0 Å². The van der Waals surface area contributed by atoms with Crippen LogP contribution in [0.2, 0.25) is 0 Å². The van der Waals surface area contributed by atoms with Crippen LogP contribution >= 0.6 is 0 Å². The Morgan fingerprint density at radius 2 is 1.57 bits per heavy atom. The summed E-state index contributed by atoms with van der Waals surface area (Å²) < 4.78 is 61.7. The lowest BCUT2D eigenvalue weighted by Gasteiger charge is -2.11. The van der Waals surface area contributed by atoms with Crippen molar-refractivity contribution >= 4 is 0 Å². The maximum absolute atomic E-state index is 12.5. The van der Waals surface area contributed by atoms with Crippen LogP contribution in [-0.4, -0.2) is 0 Å². The van der Waals surface area contributed by atoms with Crippen LogP contribution in [0.1, 0.15) is 11.1 Å². The van der Waals surface area contributed by atoms with Crippen LogP contribution in [0, 0.1) is 11.6 Å². The molecule has 0 aliphatic rings. The zero-order valence-corrected chi connectivity index (χ0v) is 6.83. The number of hydrogen-bond donors (Lipinski definition) is 1. The summed E-state index contributed by atoms with van der Waals surface area (Å²) in [6.07, 6.45) is -4.72. The molecule has 0 bridgehead atoms. The number of rotatable bonds is 1. The normalized spacial score (nSPS) is 11.9. The van der Waals surface area contributed by atoms with Crippen molar-refractivity contribution in [2.24, 2.45) is 5.73 Å². The molecule has 0 atom stereocenters. The van der Waals surface area contributed by atoms with Gasteiger partial charge in [0.15, 0.2) is 11.6 Å². The standard InChI is InChI=1S/C8H6F5N/c9-6-1-4(3-14)5(2-7(6)10)8(11,12)13/h1-2H,3,14H2. The van der Waals surface area contributed by atoms with E-state index in [1.54, 1.807) is 0 Å². The molecule has 0 saturated carbocycles. The highest BCUT2D eigenvalue weighted by Crippen LogP contribution is 2.32. The molecule has 78 valence electrons. The summed E-state index contributed by atoms with van der Waals surface area (Å²) in [4.78, 5) is 0. The third kappa shape index (κ3) is 2.01. The van der Waals surface area contributed by atoms with E-state index >= 15 is 0 Å². The average molecular weight is 211 g/mol. The van der Waals surface area contributed by atoms with Gasteiger partial charge in [0.2, 0.25) is 0 Å². The van der Waals surface area contributed by atoms with Crippen molar-refractivity contribution in [1.82, 2.24) is 0 Å². The lowest BCUT2D eigenvalue weighted by Crippen LogP contribution is -2.13. The first-order chi connectivity index (χ1) is 6.36. The molecule has 0 aliphatic carbocycles. The number of halogens is 5. The van der Waals surface area contributed by atoms with Gasteiger partial charge in [0.05, 0.1) is 5.56 Å². The fourth-order valence-electron chi connectivity index (χ4n) is 1.02. The monoisotopic (exact) mass is 211 g/mol. The summed E-state index contributed by atoms with van der Waals surface area (Å²) in [5.41, 5.74) is 3.28. The molecule has 1 nitrogen and oxygen atoms in total. The van der Waals surface area contributed by atoms with Crippen molar-refractivity contribution in [2.45, 2.75) is 12.7 Å². The van der Waals surface area contributed by atoms with E-state index in [9.17, 15) is 22.0 Å². The number of alkyl halides is 3. The molecule has 0 radical (unpaired) electrons. The number of benzene rings is 1. The van der Waals surface area contributed by atoms with E-state index in [0.29, 0.717) is 6.07 Å². The highest BCUT2D eigenvalue weighted by molar-refractivity contribution is 5.31. The van der Waals surface area contributed by atoms with Gasteiger partial charge < -0.3 is 5.73 Å². The summed E-state index contributed by atoms with van der Waals surface area (Å²) in [6, 6.07) is 0.565. The second kappa shape index (κ2) is 3.53. The molecule has 0 unspecified atom stereocenters.